The fourth-order valence-electron chi connectivity index (χ4n) is 3.18. The van der Waals surface area contributed by atoms with Gasteiger partial charge < -0.3 is 0 Å². The van der Waals surface area contributed by atoms with Crippen LogP contribution in [0.1, 0.15) is 40.0 Å². The molecule has 3 aliphatic carbocycles. The molecule has 0 unspecified atom stereocenters. The predicted molar refractivity (Wildman–Crippen MR) is 43.8 cm³/mol. The molecule has 3 fully saturated rings. The molecule has 0 amide bonds. The first-order valence-corrected chi connectivity index (χ1v) is 4.62. The van der Waals surface area contributed by atoms with Crippen LogP contribution in [-0.2, 0) is 0 Å². The van der Waals surface area contributed by atoms with Gasteiger partial charge in [0, 0.05) is 0 Å². The molecule has 3 saturated carbocycles. The third-order valence-electron chi connectivity index (χ3n) is 4.20. The third kappa shape index (κ3) is 0.627. The summed E-state index contributed by atoms with van der Waals surface area (Å²) in [6, 6.07) is 0. The molecule has 0 radical (unpaired) electrons. The maximum absolute atomic E-state index is 2.46. The van der Waals surface area contributed by atoms with E-state index in [-0.39, 0.29) is 0 Å². The van der Waals surface area contributed by atoms with Gasteiger partial charge in [-0.2, -0.15) is 0 Å². The van der Waals surface area contributed by atoms with Crippen LogP contribution in [0.2, 0.25) is 0 Å². The highest BCUT2D eigenvalue weighted by Crippen LogP contribution is 2.61. The van der Waals surface area contributed by atoms with Crippen molar-refractivity contribution in [1.29, 1.82) is 0 Å². The summed E-state index contributed by atoms with van der Waals surface area (Å²) in [5.41, 5.74) is 0.706. The molecule has 0 spiro atoms. The van der Waals surface area contributed by atoms with Crippen LogP contribution in [0.5, 0.6) is 0 Å². The average Bonchev–Trinajstić information content (AvgIpc) is 1.87. The summed E-state index contributed by atoms with van der Waals surface area (Å²) in [7, 11) is 0. The fraction of sp³-hybridized carbons (Fsp3) is 1.00. The zero-order valence-electron chi connectivity index (χ0n) is 7.35. The number of hydrogen-bond acceptors (Lipinski definition) is 0. The summed E-state index contributed by atoms with van der Waals surface area (Å²) in [5.74, 6) is 3.15. The zero-order valence-corrected chi connectivity index (χ0v) is 7.35. The lowest BCUT2D eigenvalue weighted by Gasteiger charge is -2.59. The van der Waals surface area contributed by atoms with Crippen molar-refractivity contribution in [3.8, 4) is 0 Å². The summed E-state index contributed by atoms with van der Waals surface area (Å²) < 4.78 is 0. The second-order valence-electron chi connectivity index (χ2n) is 4.92. The van der Waals surface area contributed by atoms with Gasteiger partial charge in [0.05, 0.1) is 0 Å². The highest BCUT2D eigenvalue weighted by molar-refractivity contribution is 5.01. The Morgan fingerprint density at radius 2 is 1.90 bits per heavy atom. The molecule has 3 rings (SSSR count). The standard InChI is InChI=1S/C10H18/c1-7-4-5-8-6-9(7)10(8,2)3/h7-9H,4-6H2,1-3H3/t7-,8+,9+/m0/s1. The smallest absolute Gasteiger partial charge is 0.0295 e. The van der Waals surface area contributed by atoms with Crippen molar-refractivity contribution >= 4 is 0 Å². The highest BCUT2D eigenvalue weighted by Gasteiger charge is 2.52. The van der Waals surface area contributed by atoms with E-state index < -0.39 is 0 Å². The Kier molecular flexibility index (Phi) is 1.19. The molecule has 10 heavy (non-hydrogen) atoms. The quantitative estimate of drug-likeness (QED) is 0.482. The molecular weight excluding hydrogens is 120 g/mol. The van der Waals surface area contributed by atoms with Gasteiger partial charge in [-0.1, -0.05) is 27.2 Å². The SMILES string of the molecule is C[C@H]1CC[C@@H]2C[C@H]1C2(C)C. The van der Waals surface area contributed by atoms with Gasteiger partial charge in [-0.25, -0.2) is 0 Å². The molecule has 0 N–H and O–H groups in total. The summed E-state index contributed by atoms with van der Waals surface area (Å²) in [6.07, 6.45) is 4.54. The molecule has 0 saturated heterocycles. The van der Waals surface area contributed by atoms with E-state index in [4.69, 9.17) is 0 Å². The Balaban J connectivity index is 2.16. The lowest BCUT2D eigenvalue weighted by Crippen LogP contribution is -2.51. The molecule has 0 nitrogen and oxygen atoms in total. The van der Waals surface area contributed by atoms with Gasteiger partial charge >= 0.3 is 0 Å². The lowest BCUT2D eigenvalue weighted by atomic mass is 9.46. The molecule has 3 atom stereocenters. The first-order chi connectivity index (χ1) is 4.62. The Morgan fingerprint density at radius 1 is 1.20 bits per heavy atom. The minimum atomic E-state index is 0.706. The van der Waals surface area contributed by atoms with Gasteiger partial charge in [0.15, 0.2) is 0 Å². The largest absolute Gasteiger partial charge is 0.0622 e. The molecule has 58 valence electrons. The number of fused-ring (bicyclic) bond motifs is 2. The molecule has 2 bridgehead atoms. The summed E-state index contributed by atoms with van der Waals surface area (Å²) in [4.78, 5) is 0. The van der Waals surface area contributed by atoms with Crippen molar-refractivity contribution < 1.29 is 0 Å². The Bertz CT molecular complexity index is 144. The van der Waals surface area contributed by atoms with Crippen LogP contribution in [0, 0.1) is 23.2 Å². The molecule has 0 aromatic heterocycles. The van der Waals surface area contributed by atoms with E-state index in [9.17, 15) is 0 Å². The highest BCUT2D eigenvalue weighted by atomic mass is 14.6. The van der Waals surface area contributed by atoms with E-state index in [2.05, 4.69) is 20.8 Å². The second kappa shape index (κ2) is 1.78. The lowest BCUT2D eigenvalue weighted by molar-refractivity contribution is -0.0988. The monoisotopic (exact) mass is 138 g/mol. The normalized spacial score (nSPS) is 50.1. The van der Waals surface area contributed by atoms with Crippen molar-refractivity contribution in [1.82, 2.24) is 0 Å². The van der Waals surface area contributed by atoms with Crippen LogP contribution >= 0.6 is 0 Å². The Hall–Kier alpha value is 0. The van der Waals surface area contributed by atoms with E-state index in [1.807, 2.05) is 0 Å². The predicted octanol–water partition coefficient (Wildman–Crippen LogP) is 3.08. The Morgan fingerprint density at radius 3 is 2.20 bits per heavy atom. The van der Waals surface area contributed by atoms with Gasteiger partial charge in [-0.3, -0.25) is 0 Å². The number of hydrogen-bond donors (Lipinski definition) is 0. The van der Waals surface area contributed by atoms with Crippen molar-refractivity contribution in [2.45, 2.75) is 40.0 Å². The molecule has 0 heteroatoms. The van der Waals surface area contributed by atoms with E-state index in [1.54, 1.807) is 0 Å². The molecule has 0 aliphatic heterocycles. The summed E-state index contributed by atoms with van der Waals surface area (Å²) >= 11 is 0. The molecule has 0 aromatic rings. The van der Waals surface area contributed by atoms with Crippen molar-refractivity contribution in [3.63, 3.8) is 0 Å². The van der Waals surface area contributed by atoms with Gasteiger partial charge in [-0.15, -0.1) is 0 Å². The second-order valence-corrected chi connectivity index (χ2v) is 4.92. The van der Waals surface area contributed by atoms with Crippen LogP contribution in [0.3, 0.4) is 0 Å². The van der Waals surface area contributed by atoms with Crippen molar-refractivity contribution in [3.05, 3.63) is 0 Å². The van der Waals surface area contributed by atoms with E-state index in [0.29, 0.717) is 5.41 Å². The minimum Gasteiger partial charge on any atom is -0.0622 e. The summed E-state index contributed by atoms with van der Waals surface area (Å²) in [5, 5.41) is 0. The van der Waals surface area contributed by atoms with E-state index in [1.165, 1.54) is 19.3 Å². The van der Waals surface area contributed by atoms with Crippen molar-refractivity contribution in [2.75, 3.05) is 0 Å². The van der Waals surface area contributed by atoms with Gasteiger partial charge in [-0.05, 0) is 36.0 Å². The van der Waals surface area contributed by atoms with Gasteiger partial charge in [0.1, 0.15) is 0 Å². The maximum atomic E-state index is 2.46. The topological polar surface area (TPSA) is 0 Å². The van der Waals surface area contributed by atoms with Crippen LogP contribution in [0.4, 0.5) is 0 Å². The molecular formula is C10H18. The third-order valence-corrected chi connectivity index (χ3v) is 4.20. The average molecular weight is 138 g/mol. The Labute approximate surface area is 64.0 Å². The molecule has 0 aromatic carbocycles. The fourth-order valence-corrected chi connectivity index (χ4v) is 3.18. The maximum Gasteiger partial charge on any atom is -0.0295 e. The van der Waals surface area contributed by atoms with Crippen molar-refractivity contribution in [2.24, 2.45) is 23.2 Å². The first-order valence-electron chi connectivity index (χ1n) is 4.62. The van der Waals surface area contributed by atoms with Crippen LogP contribution < -0.4 is 0 Å². The number of rotatable bonds is 0. The van der Waals surface area contributed by atoms with Crippen LogP contribution in [0.25, 0.3) is 0 Å². The molecule has 0 heterocycles. The van der Waals surface area contributed by atoms with E-state index >= 15 is 0 Å². The van der Waals surface area contributed by atoms with Crippen LogP contribution in [0.15, 0.2) is 0 Å². The van der Waals surface area contributed by atoms with Gasteiger partial charge in [0.2, 0.25) is 0 Å². The van der Waals surface area contributed by atoms with Crippen LogP contribution in [-0.4, -0.2) is 0 Å². The molecule has 3 aliphatic rings. The summed E-state index contributed by atoms with van der Waals surface area (Å²) in [6.45, 7) is 7.35. The van der Waals surface area contributed by atoms with E-state index in [0.717, 1.165) is 17.8 Å². The zero-order chi connectivity index (χ0) is 7.35. The first kappa shape index (κ1) is 6.69. The minimum absolute atomic E-state index is 0.706. The van der Waals surface area contributed by atoms with Gasteiger partial charge in [0.25, 0.3) is 0 Å².